The van der Waals surface area contributed by atoms with Crippen LogP contribution < -0.4 is 16.4 Å². The molecule has 2 amide bonds. The van der Waals surface area contributed by atoms with E-state index < -0.39 is 17.6 Å². The van der Waals surface area contributed by atoms with E-state index in [0.29, 0.717) is 5.69 Å². The van der Waals surface area contributed by atoms with Crippen molar-refractivity contribution in [3.8, 4) is 0 Å². The highest BCUT2D eigenvalue weighted by Crippen LogP contribution is 2.14. The van der Waals surface area contributed by atoms with Gasteiger partial charge in [0.2, 0.25) is 0 Å². The number of hydrogen-bond acceptors (Lipinski definition) is 3. The molecule has 4 N–H and O–H groups in total. The molecule has 0 unspecified atom stereocenters. The summed E-state index contributed by atoms with van der Waals surface area (Å²) in [5.74, 6) is -1.54. The molecule has 0 heterocycles. The van der Waals surface area contributed by atoms with Gasteiger partial charge in [0.15, 0.2) is 5.11 Å². The van der Waals surface area contributed by atoms with Gasteiger partial charge in [-0.15, -0.1) is 0 Å². The third-order valence-corrected chi connectivity index (χ3v) is 2.98. The van der Waals surface area contributed by atoms with Crippen molar-refractivity contribution in [2.45, 2.75) is 0 Å². The summed E-state index contributed by atoms with van der Waals surface area (Å²) in [5.41, 5.74) is 6.15. The number of primary amides is 1. The summed E-state index contributed by atoms with van der Waals surface area (Å²) in [5, 5.41) is 5.17. The number of amides is 2. The van der Waals surface area contributed by atoms with Crippen LogP contribution in [0.1, 0.15) is 20.7 Å². The highest BCUT2D eigenvalue weighted by atomic mass is 32.1. The van der Waals surface area contributed by atoms with Crippen molar-refractivity contribution in [2.24, 2.45) is 5.73 Å². The van der Waals surface area contributed by atoms with E-state index in [4.69, 9.17) is 18.0 Å². The number of thiocarbonyl (C=S) groups is 1. The summed E-state index contributed by atoms with van der Waals surface area (Å²) >= 11 is 5.01. The molecule has 0 aromatic heterocycles. The molecule has 0 saturated carbocycles. The number of halogens is 1. The number of carbonyl (C=O) groups excluding carboxylic acids is 2. The van der Waals surface area contributed by atoms with E-state index >= 15 is 0 Å². The van der Waals surface area contributed by atoms with Gasteiger partial charge < -0.3 is 11.1 Å². The molecule has 0 spiro atoms. The van der Waals surface area contributed by atoms with E-state index in [2.05, 4.69) is 10.6 Å². The maximum absolute atomic E-state index is 12.8. The number of nitrogens with one attached hydrogen (secondary N) is 2. The molecule has 0 radical (unpaired) electrons. The summed E-state index contributed by atoms with van der Waals surface area (Å²) in [6, 6.07) is 11.5. The Hall–Kier alpha value is -2.80. The van der Waals surface area contributed by atoms with E-state index in [1.165, 1.54) is 30.3 Å². The Balaban J connectivity index is 2.06. The van der Waals surface area contributed by atoms with E-state index in [1.54, 1.807) is 18.2 Å². The van der Waals surface area contributed by atoms with Gasteiger partial charge in [-0.25, -0.2) is 4.39 Å². The molecule has 0 aliphatic rings. The number of benzene rings is 2. The van der Waals surface area contributed by atoms with Crippen molar-refractivity contribution in [3.05, 3.63) is 65.5 Å². The number of hydrogen-bond donors (Lipinski definition) is 3. The van der Waals surface area contributed by atoms with Crippen molar-refractivity contribution in [1.29, 1.82) is 0 Å². The van der Waals surface area contributed by atoms with Crippen LogP contribution in [-0.4, -0.2) is 16.9 Å². The summed E-state index contributed by atoms with van der Waals surface area (Å²) in [6.45, 7) is 0. The third kappa shape index (κ3) is 3.86. The second-order valence-corrected chi connectivity index (χ2v) is 4.73. The minimum atomic E-state index is -0.615. The predicted octanol–water partition coefficient (Wildman–Crippen LogP) is 2.05. The number of anilines is 1. The fourth-order valence-corrected chi connectivity index (χ4v) is 1.94. The lowest BCUT2D eigenvalue weighted by atomic mass is 10.1. The largest absolute Gasteiger partial charge is 0.366 e. The van der Waals surface area contributed by atoms with Gasteiger partial charge in [0, 0.05) is 5.56 Å². The van der Waals surface area contributed by atoms with Gasteiger partial charge in [0.1, 0.15) is 5.82 Å². The molecule has 112 valence electrons. The fourth-order valence-electron chi connectivity index (χ4n) is 1.74. The maximum atomic E-state index is 12.8. The highest BCUT2D eigenvalue weighted by Gasteiger charge is 2.11. The van der Waals surface area contributed by atoms with Gasteiger partial charge in [-0.05, 0) is 48.6 Å². The molecule has 0 atom stereocenters. The molecule has 2 aromatic carbocycles. The fraction of sp³-hybridized carbons (Fsp3) is 0. The maximum Gasteiger partial charge on any atom is 0.257 e. The van der Waals surface area contributed by atoms with Crippen molar-refractivity contribution < 1.29 is 14.0 Å². The van der Waals surface area contributed by atoms with Gasteiger partial charge in [-0.1, -0.05) is 12.1 Å². The van der Waals surface area contributed by atoms with E-state index in [0.717, 1.165) is 0 Å². The molecule has 5 nitrogen and oxygen atoms in total. The minimum absolute atomic E-state index is 0.00280. The molecule has 0 saturated heterocycles. The number of nitrogens with two attached hydrogens (primary N) is 1. The molecule has 2 aromatic rings. The summed E-state index contributed by atoms with van der Waals surface area (Å²) in [6.07, 6.45) is 0. The van der Waals surface area contributed by atoms with Crippen LogP contribution in [0.25, 0.3) is 0 Å². The average Bonchev–Trinajstić information content (AvgIpc) is 2.48. The monoisotopic (exact) mass is 317 g/mol. The van der Waals surface area contributed by atoms with Crippen molar-refractivity contribution in [3.63, 3.8) is 0 Å². The lowest BCUT2D eigenvalue weighted by Gasteiger charge is -2.11. The Kier molecular flexibility index (Phi) is 4.80. The van der Waals surface area contributed by atoms with Crippen LogP contribution in [0.4, 0.5) is 10.1 Å². The molecule has 7 heteroatoms. The molecule has 2 rings (SSSR count). The molecular formula is C15H12FN3O2S. The van der Waals surface area contributed by atoms with Crippen LogP contribution in [0.3, 0.4) is 0 Å². The lowest BCUT2D eigenvalue weighted by molar-refractivity contribution is 0.0975. The normalized spacial score (nSPS) is 9.86. The van der Waals surface area contributed by atoms with Crippen molar-refractivity contribution in [1.82, 2.24) is 5.32 Å². The smallest absolute Gasteiger partial charge is 0.257 e. The first-order chi connectivity index (χ1) is 10.5. The van der Waals surface area contributed by atoms with Crippen LogP contribution in [-0.2, 0) is 0 Å². The molecule has 0 fully saturated rings. The van der Waals surface area contributed by atoms with Gasteiger partial charge in [0.25, 0.3) is 11.8 Å². The lowest BCUT2D eigenvalue weighted by Crippen LogP contribution is -2.34. The van der Waals surface area contributed by atoms with Crippen LogP contribution in [0.15, 0.2) is 48.5 Å². The van der Waals surface area contributed by atoms with Crippen LogP contribution in [0.5, 0.6) is 0 Å². The van der Waals surface area contributed by atoms with Gasteiger partial charge in [-0.2, -0.15) is 0 Å². The predicted molar refractivity (Wildman–Crippen MR) is 85.0 cm³/mol. The first-order valence-electron chi connectivity index (χ1n) is 6.24. The van der Waals surface area contributed by atoms with E-state index in [-0.39, 0.29) is 16.2 Å². The van der Waals surface area contributed by atoms with E-state index in [9.17, 15) is 14.0 Å². The van der Waals surface area contributed by atoms with Gasteiger partial charge in [0.05, 0.1) is 11.3 Å². The molecule has 0 bridgehead atoms. The Labute approximate surface area is 131 Å². The average molecular weight is 317 g/mol. The quantitative estimate of drug-likeness (QED) is 0.757. The van der Waals surface area contributed by atoms with E-state index in [1.807, 2.05) is 0 Å². The topological polar surface area (TPSA) is 84.2 Å². The first kappa shape index (κ1) is 15.6. The first-order valence-corrected chi connectivity index (χ1v) is 6.65. The second-order valence-electron chi connectivity index (χ2n) is 4.32. The van der Waals surface area contributed by atoms with Crippen LogP contribution in [0, 0.1) is 5.82 Å². The summed E-state index contributed by atoms with van der Waals surface area (Å²) < 4.78 is 12.8. The number of rotatable bonds is 3. The Morgan fingerprint density at radius 1 is 1.05 bits per heavy atom. The van der Waals surface area contributed by atoms with Crippen molar-refractivity contribution in [2.75, 3.05) is 5.32 Å². The zero-order valence-corrected chi connectivity index (χ0v) is 12.1. The van der Waals surface area contributed by atoms with Crippen molar-refractivity contribution >= 4 is 34.8 Å². The standard InChI is InChI=1S/C15H12FN3O2S/c16-10-7-5-9(6-8-10)14(21)19-15(22)18-12-4-2-1-3-11(12)13(17)20/h1-8H,(H2,17,20)(H2,18,19,21,22). The summed E-state index contributed by atoms with van der Waals surface area (Å²) in [7, 11) is 0. The molecule has 0 aliphatic carbocycles. The molecular weight excluding hydrogens is 305 g/mol. The zero-order chi connectivity index (χ0) is 16.1. The Bertz CT molecular complexity index is 732. The third-order valence-electron chi connectivity index (χ3n) is 2.77. The number of para-hydroxylation sites is 1. The SMILES string of the molecule is NC(=O)c1ccccc1NC(=S)NC(=O)c1ccc(F)cc1. The highest BCUT2D eigenvalue weighted by molar-refractivity contribution is 7.80. The second kappa shape index (κ2) is 6.77. The number of carbonyl (C=O) groups is 2. The van der Waals surface area contributed by atoms with Gasteiger partial charge >= 0.3 is 0 Å². The molecule has 0 aliphatic heterocycles. The Morgan fingerprint density at radius 2 is 1.68 bits per heavy atom. The minimum Gasteiger partial charge on any atom is -0.366 e. The van der Waals surface area contributed by atoms with Gasteiger partial charge in [-0.3, -0.25) is 14.9 Å². The summed E-state index contributed by atoms with van der Waals surface area (Å²) in [4.78, 5) is 23.2. The molecule has 22 heavy (non-hydrogen) atoms. The van der Waals surface area contributed by atoms with Crippen LogP contribution >= 0.6 is 12.2 Å². The Morgan fingerprint density at radius 3 is 2.32 bits per heavy atom. The van der Waals surface area contributed by atoms with Crippen LogP contribution in [0.2, 0.25) is 0 Å². The zero-order valence-electron chi connectivity index (χ0n) is 11.3.